The van der Waals surface area contributed by atoms with Gasteiger partial charge in [0, 0.05) is 31.5 Å². The first kappa shape index (κ1) is 14.7. The SMILES string of the molecule is CC(Cn1ccnc1)NS(=O)(=O)c1ccccc1CN. The van der Waals surface area contributed by atoms with Crippen molar-refractivity contribution in [3.63, 3.8) is 0 Å². The molecule has 2 aromatic rings. The number of hydrogen-bond acceptors (Lipinski definition) is 4. The zero-order valence-electron chi connectivity index (χ0n) is 11.2. The third-order valence-corrected chi connectivity index (χ3v) is 4.57. The minimum absolute atomic E-state index is 0.187. The molecule has 0 amide bonds. The molecule has 0 aliphatic rings. The van der Waals surface area contributed by atoms with Crippen LogP contribution in [0.2, 0.25) is 0 Å². The highest BCUT2D eigenvalue weighted by Gasteiger charge is 2.20. The van der Waals surface area contributed by atoms with Crippen molar-refractivity contribution < 1.29 is 8.42 Å². The summed E-state index contributed by atoms with van der Waals surface area (Å²) in [5.41, 5.74) is 6.19. The first-order valence-corrected chi connectivity index (χ1v) is 7.77. The highest BCUT2D eigenvalue weighted by molar-refractivity contribution is 7.89. The van der Waals surface area contributed by atoms with Gasteiger partial charge in [0.05, 0.1) is 11.2 Å². The van der Waals surface area contributed by atoms with E-state index in [4.69, 9.17) is 5.73 Å². The van der Waals surface area contributed by atoms with Crippen molar-refractivity contribution in [2.24, 2.45) is 5.73 Å². The van der Waals surface area contributed by atoms with E-state index in [1.807, 2.05) is 11.5 Å². The Hall–Kier alpha value is -1.70. The summed E-state index contributed by atoms with van der Waals surface area (Å²) >= 11 is 0. The number of nitrogens with one attached hydrogen (secondary N) is 1. The van der Waals surface area contributed by atoms with Gasteiger partial charge in [-0.25, -0.2) is 18.1 Å². The van der Waals surface area contributed by atoms with Crippen molar-refractivity contribution in [3.05, 3.63) is 48.5 Å². The van der Waals surface area contributed by atoms with Crippen LogP contribution in [0.15, 0.2) is 47.9 Å². The Labute approximate surface area is 118 Å². The Balaban J connectivity index is 2.14. The summed E-state index contributed by atoms with van der Waals surface area (Å²) in [4.78, 5) is 4.16. The number of sulfonamides is 1. The number of hydrogen-bond donors (Lipinski definition) is 2. The van der Waals surface area contributed by atoms with Crippen LogP contribution in [-0.4, -0.2) is 24.0 Å². The summed E-state index contributed by atoms with van der Waals surface area (Å²) in [6.07, 6.45) is 5.10. The molecule has 20 heavy (non-hydrogen) atoms. The number of benzene rings is 1. The van der Waals surface area contributed by atoms with Crippen LogP contribution in [0, 0.1) is 0 Å². The van der Waals surface area contributed by atoms with E-state index in [1.165, 1.54) is 0 Å². The zero-order valence-corrected chi connectivity index (χ0v) is 12.0. The second-order valence-electron chi connectivity index (χ2n) is 4.59. The van der Waals surface area contributed by atoms with Crippen molar-refractivity contribution in [2.45, 2.75) is 31.0 Å². The van der Waals surface area contributed by atoms with E-state index in [9.17, 15) is 8.42 Å². The van der Waals surface area contributed by atoms with Crippen LogP contribution in [-0.2, 0) is 23.1 Å². The van der Waals surface area contributed by atoms with Crippen LogP contribution in [0.25, 0.3) is 0 Å². The molecule has 0 fully saturated rings. The fraction of sp³-hybridized carbons (Fsp3) is 0.308. The smallest absolute Gasteiger partial charge is 0.241 e. The predicted molar refractivity (Wildman–Crippen MR) is 76.3 cm³/mol. The molecular formula is C13H18N4O2S. The van der Waals surface area contributed by atoms with Crippen LogP contribution in [0.3, 0.4) is 0 Å². The van der Waals surface area contributed by atoms with Gasteiger partial charge in [-0.15, -0.1) is 0 Å². The summed E-state index contributed by atoms with van der Waals surface area (Å²) in [6, 6.07) is 6.49. The Morgan fingerprint density at radius 2 is 2.15 bits per heavy atom. The summed E-state index contributed by atoms with van der Waals surface area (Å²) in [5.74, 6) is 0. The third-order valence-electron chi connectivity index (χ3n) is 2.88. The topological polar surface area (TPSA) is 90.0 Å². The summed E-state index contributed by atoms with van der Waals surface area (Å²) < 4.78 is 29.2. The fourth-order valence-corrected chi connectivity index (χ4v) is 3.50. The summed E-state index contributed by atoms with van der Waals surface area (Å²) in [5, 5.41) is 0. The minimum atomic E-state index is -3.57. The molecule has 0 saturated heterocycles. The molecule has 0 spiro atoms. The lowest BCUT2D eigenvalue weighted by Crippen LogP contribution is -2.36. The standard InChI is InChI=1S/C13H18N4O2S/c1-11(9-17-7-6-15-10-17)16-20(18,19)13-5-3-2-4-12(13)8-14/h2-7,10-11,16H,8-9,14H2,1H3. The Morgan fingerprint density at radius 3 is 2.80 bits per heavy atom. The fourth-order valence-electron chi connectivity index (χ4n) is 2.01. The van der Waals surface area contributed by atoms with E-state index in [2.05, 4.69) is 9.71 Å². The monoisotopic (exact) mass is 294 g/mol. The largest absolute Gasteiger partial charge is 0.336 e. The van der Waals surface area contributed by atoms with Gasteiger partial charge in [-0.1, -0.05) is 18.2 Å². The zero-order chi connectivity index (χ0) is 14.6. The second-order valence-corrected chi connectivity index (χ2v) is 6.28. The number of rotatable bonds is 6. The third kappa shape index (κ3) is 3.44. The normalized spacial score (nSPS) is 13.3. The van der Waals surface area contributed by atoms with E-state index >= 15 is 0 Å². The van der Waals surface area contributed by atoms with Gasteiger partial charge in [0.25, 0.3) is 0 Å². The van der Waals surface area contributed by atoms with Gasteiger partial charge in [-0.05, 0) is 18.6 Å². The van der Waals surface area contributed by atoms with Crippen LogP contribution in [0.4, 0.5) is 0 Å². The van der Waals surface area contributed by atoms with Gasteiger partial charge in [0.1, 0.15) is 0 Å². The molecule has 6 nitrogen and oxygen atoms in total. The Kier molecular flexibility index (Phi) is 4.53. The van der Waals surface area contributed by atoms with Crippen molar-refractivity contribution in [3.8, 4) is 0 Å². The number of imidazole rings is 1. The molecular weight excluding hydrogens is 276 g/mol. The first-order valence-electron chi connectivity index (χ1n) is 6.29. The van der Waals surface area contributed by atoms with Crippen LogP contribution in [0.1, 0.15) is 12.5 Å². The molecule has 1 atom stereocenters. The Bertz CT molecular complexity index is 653. The van der Waals surface area contributed by atoms with E-state index in [0.717, 1.165) is 0 Å². The maximum Gasteiger partial charge on any atom is 0.241 e. The van der Waals surface area contributed by atoms with Crippen molar-refractivity contribution in [2.75, 3.05) is 0 Å². The molecule has 0 radical (unpaired) electrons. The van der Waals surface area contributed by atoms with E-state index in [0.29, 0.717) is 12.1 Å². The second kappa shape index (κ2) is 6.17. The molecule has 1 unspecified atom stereocenters. The number of aromatic nitrogens is 2. The van der Waals surface area contributed by atoms with Gasteiger partial charge in [-0.2, -0.15) is 0 Å². The molecule has 0 saturated carbocycles. The van der Waals surface area contributed by atoms with Crippen molar-refractivity contribution >= 4 is 10.0 Å². The van der Waals surface area contributed by atoms with Crippen LogP contribution < -0.4 is 10.5 Å². The highest BCUT2D eigenvalue weighted by atomic mass is 32.2. The molecule has 108 valence electrons. The average molecular weight is 294 g/mol. The van der Waals surface area contributed by atoms with Crippen LogP contribution >= 0.6 is 0 Å². The highest BCUT2D eigenvalue weighted by Crippen LogP contribution is 2.15. The quantitative estimate of drug-likeness (QED) is 0.821. The maximum atomic E-state index is 12.4. The molecule has 7 heteroatoms. The first-order chi connectivity index (χ1) is 9.53. The lowest BCUT2D eigenvalue weighted by Gasteiger charge is -2.16. The van der Waals surface area contributed by atoms with E-state index in [-0.39, 0.29) is 17.5 Å². The molecule has 0 aliphatic carbocycles. The predicted octanol–water partition coefficient (Wildman–Crippen LogP) is 0.709. The van der Waals surface area contributed by atoms with Gasteiger partial charge in [-0.3, -0.25) is 0 Å². The number of nitrogens with zero attached hydrogens (tertiary/aromatic N) is 2. The lowest BCUT2D eigenvalue weighted by molar-refractivity contribution is 0.520. The maximum absolute atomic E-state index is 12.4. The van der Waals surface area contributed by atoms with Crippen molar-refractivity contribution in [1.29, 1.82) is 0 Å². The van der Waals surface area contributed by atoms with E-state index in [1.54, 1.807) is 43.0 Å². The molecule has 2 rings (SSSR count). The lowest BCUT2D eigenvalue weighted by atomic mass is 10.2. The van der Waals surface area contributed by atoms with E-state index < -0.39 is 10.0 Å². The molecule has 3 N–H and O–H groups in total. The van der Waals surface area contributed by atoms with Gasteiger partial charge >= 0.3 is 0 Å². The summed E-state index contributed by atoms with van der Waals surface area (Å²) in [7, 11) is -3.57. The Morgan fingerprint density at radius 1 is 1.40 bits per heavy atom. The number of nitrogens with two attached hydrogens (primary N) is 1. The molecule has 1 aromatic carbocycles. The van der Waals surface area contributed by atoms with Gasteiger partial charge < -0.3 is 10.3 Å². The van der Waals surface area contributed by atoms with Gasteiger partial charge in [0.2, 0.25) is 10.0 Å². The summed E-state index contributed by atoms with van der Waals surface area (Å²) in [6.45, 7) is 2.51. The molecule has 1 heterocycles. The van der Waals surface area contributed by atoms with Crippen molar-refractivity contribution in [1.82, 2.24) is 14.3 Å². The van der Waals surface area contributed by atoms with Gasteiger partial charge in [0.15, 0.2) is 0 Å². The molecule has 0 aliphatic heterocycles. The minimum Gasteiger partial charge on any atom is -0.336 e. The molecule has 1 aromatic heterocycles. The molecule has 0 bridgehead atoms. The average Bonchev–Trinajstić information content (AvgIpc) is 2.90. The van der Waals surface area contributed by atoms with Crippen LogP contribution in [0.5, 0.6) is 0 Å².